The first-order chi connectivity index (χ1) is 17.4. The molecule has 5 rings (SSSR count). The molecule has 1 saturated heterocycles. The number of esters is 3. The lowest BCUT2D eigenvalue weighted by Gasteiger charge is -2.70. The van der Waals surface area contributed by atoms with Crippen LogP contribution in [0.25, 0.3) is 0 Å². The Balaban J connectivity index is 1.82. The molecule has 4 aliphatic carbocycles. The largest absolute Gasteiger partial charge is 0.462 e. The lowest BCUT2D eigenvalue weighted by Crippen LogP contribution is -2.78. The van der Waals surface area contributed by atoms with E-state index in [-0.39, 0.29) is 29.1 Å². The van der Waals surface area contributed by atoms with Crippen molar-refractivity contribution in [3.63, 3.8) is 0 Å². The molecule has 0 N–H and O–H groups in total. The van der Waals surface area contributed by atoms with Crippen LogP contribution in [0.15, 0.2) is 12.2 Å². The van der Waals surface area contributed by atoms with E-state index in [9.17, 15) is 19.2 Å². The van der Waals surface area contributed by atoms with Crippen molar-refractivity contribution in [3.8, 4) is 0 Å². The van der Waals surface area contributed by atoms with Crippen molar-refractivity contribution in [1.29, 1.82) is 0 Å². The zero-order valence-electron chi connectivity index (χ0n) is 23.7. The number of carbonyl (C=O) groups is 4. The van der Waals surface area contributed by atoms with Crippen molar-refractivity contribution in [3.05, 3.63) is 12.2 Å². The lowest BCUT2D eigenvalue weighted by atomic mass is 9.38. The SMILES string of the molecule is C=C1C(=O)[C@@]23[C@@H]4[C@@H](OC(C)=O)C[C@]1(OC(C)=O)[C@H]2OC(C)(C)O[C@@H]3C[C@@H]1C(C)(C)CC[C@@H](OC(C)=O)[C@]14C. The number of fused-ring (bicyclic) bond motifs is 2. The Morgan fingerprint density at radius 3 is 2.16 bits per heavy atom. The summed E-state index contributed by atoms with van der Waals surface area (Å²) in [5.74, 6) is -3.55. The predicted octanol–water partition coefficient (Wildman–Crippen LogP) is 3.66. The van der Waals surface area contributed by atoms with Crippen LogP contribution in [-0.2, 0) is 42.9 Å². The number of rotatable bonds is 3. The summed E-state index contributed by atoms with van der Waals surface area (Å²) < 4.78 is 31.1. The molecule has 9 atom stereocenters. The fourth-order valence-electron chi connectivity index (χ4n) is 9.37. The van der Waals surface area contributed by atoms with Crippen molar-refractivity contribution < 1.29 is 42.9 Å². The number of carbonyl (C=O) groups excluding carboxylic acids is 4. The first-order valence-corrected chi connectivity index (χ1v) is 13.6. The Kier molecular flexibility index (Phi) is 5.84. The summed E-state index contributed by atoms with van der Waals surface area (Å²) in [6.45, 7) is 18.2. The van der Waals surface area contributed by atoms with Gasteiger partial charge in [-0.15, -0.1) is 0 Å². The highest BCUT2D eigenvalue weighted by molar-refractivity contribution is 6.07. The molecule has 5 aliphatic rings. The topological polar surface area (TPSA) is 114 Å². The van der Waals surface area contributed by atoms with E-state index in [2.05, 4.69) is 27.4 Å². The van der Waals surface area contributed by atoms with Gasteiger partial charge >= 0.3 is 17.9 Å². The molecule has 4 saturated carbocycles. The third kappa shape index (κ3) is 3.36. The predicted molar refractivity (Wildman–Crippen MR) is 133 cm³/mol. The molecule has 0 amide bonds. The van der Waals surface area contributed by atoms with Gasteiger partial charge in [0.1, 0.15) is 18.3 Å². The van der Waals surface area contributed by atoms with E-state index in [0.29, 0.717) is 12.8 Å². The van der Waals surface area contributed by atoms with Gasteiger partial charge in [0, 0.05) is 44.1 Å². The first kappa shape index (κ1) is 27.3. The Labute approximate surface area is 223 Å². The molecular formula is C29H40O9. The second kappa shape index (κ2) is 8.13. The fraction of sp³-hybridized carbons (Fsp3) is 0.793. The van der Waals surface area contributed by atoms with Gasteiger partial charge in [-0.05, 0) is 44.4 Å². The molecule has 0 radical (unpaired) electrons. The van der Waals surface area contributed by atoms with Gasteiger partial charge in [0.25, 0.3) is 0 Å². The second-order valence-electron chi connectivity index (χ2n) is 13.3. The minimum absolute atomic E-state index is 0.0200. The third-order valence-corrected chi connectivity index (χ3v) is 10.3. The third-order valence-electron chi connectivity index (χ3n) is 10.3. The van der Waals surface area contributed by atoms with Crippen LogP contribution in [-0.4, -0.2) is 59.5 Å². The normalized spacial score (nSPS) is 45.9. The summed E-state index contributed by atoms with van der Waals surface area (Å²) in [4.78, 5) is 51.9. The number of ether oxygens (including phenoxy) is 5. The van der Waals surface area contributed by atoms with E-state index >= 15 is 0 Å². The maximum Gasteiger partial charge on any atom is 0.303 e. The van der Waals surface area contributed by atoms with Crippen molar-refractivity contribution >= 4 is 23.7 Å². The van der Waals surface area contributed by atoms with Crippen molar-refractivity contribution in [2.24, 2.45) is 28.1 Å². The molecule has 210 valence electrons. The van der Waals surface area contributed by atoms with E-state index in [1.54, 1.807) is 13.8 Å². The van der Waals surface area contributed by atoms with Crippen LogP contribution in [0.4, 0.5) is 0 Å². The number of hydrogen-bond acceptors (Lipinski definition) is 9. The van der Waals surface area contributed by atoms with Gasteiger partial charge in [0.15, 0.2) is 17.2 Å². The molecule has 0 aromatic rings. The monoisotopic (exact) mass is 532 g/mol. The van der Waals surface area contributed by atoms with Crippen LogP contribution >= 0.6 is 0 Å². The Hall–Kier alpha value is -2.26. The quantitative estimate of drug-likeness (QED) is 0.305. The first-order valence-electron chi connectivity index (χ1n) is 13.6. The van der Waals surface area contributed by atoms with Crippen molar-refractivity contribution in [2.75, 3.05) is 0 Å². The molecule has 5 fully saturated rings. The smallest absolute Gasteiger partial charge is 0.303 e. The average Bonchev–Trinajstić information content (AvgIpc) is 2.86. The van der Waals surface area contributed by atoms with Gasteiger partial charge in [-0.2, -0.15) is 0 Å². The van der Waals surface area contributed by atoms with Crippen LogP contribution in [0.3, 0.4) is 0 Å². The summed E-state index contributed by atoms with van der Waals surface area (Å²) in [5, 5.41) is 0. The minimum Gasteiger partial charge on any atom is -0.462 e. The van der Waals surface area contributed by atoms with E-state index in [4.69, 9.17) is 23.7 Å². The molecule has 0 aromatic carbocycles. The lowest BCUT2D eigenvalue weighted by molar-refractivity contribution is -0.406. The summed E-state index contributed by atoms with van der Waals surface area (Å²) in [7, 11) is 0. The number of ketones is 1. The van der Waals surface area contributed by atoms with E-state index in [0.717, 1.165) is 6.42 Å². The maximum atomic E-state index is 14.6. The van der Waals surface area contributed by atoms with Crippen molar-refractivity contribution in [2.45, 2.75) is 117 Å². The molecule has 9 nitrogen and oxygen atoms in total. The van der Waals surface area contributed by atoms with Gasteiger partial charge in [0.2, 0.25) is 0 Å². The number of hydrogen-bond donors (Lipinski definition) is 0. The molecule has 38 heavy (non-hydrogen) atoms. The highest BCUT2D eigenvalue weighted by Crippen LogP contribution is 2.75. The van der Waals surface area contributed by atoms with Gasteiger partial charge in [0.05, 0.1) is 11.5 Å². The highest BCUT2D eigenvalue weighted by Gasteiger charge is 2.85. The summed E-state index contributed by atoms with van der Waals surface area (Å²) in [6.07, 6.45) is -0.921. The molecular weight excluding hydrogens is 492 g/mol. The van der Waals surface area contributed by atoms with E-state index in [1.165, 1.54) is 20.8 Å². The van der Waals surface area contributed by atoms with Gasteiger partial charge < -0.3 is 23.7 Å². The zero-order chi connectivity index (χ0) is 28.2. The molecule has 1 heterocycles. The molecule has 9 heteroatoms. The molecule has 1 spiro atoms. The fourth-order valence-corrected chi connectivity index (χ4v) is 9.37. The van der Waals surface area contributed by atoms with Gasteiger partial charge in [-0.1, -0.05) is 27.4 Å². The minimum atomic E-state index is -1.51. The van der Waals surface area contributed by atoms with E-state index in [1.807, 2.05) is 0 Å². The van der Waals surface area contributed by atoms with Crippen LogP contribution in [0.2, 0.25) is 0 Å². The summed E-state index contributed by atoms with van der Waals surface area (Å²) in [5.41, 5.74) is -3.69. The Morgan fingerprint density at radius 1 is 0.947 bits per heavy atom. The molecule has 0 aromatic heterocycles. The molecule has 2 bridgehead atoms. The summed E-state index contributed by atoms with van der Waals surface area (Å²) >= 11 is 0. The second-order valence-corrected chi connectivity index (χ2v) is 13.3. The van der Waals surface area contributed by atoms with Gasteiger partial charge in [-0.3, -0.25) is 19.2 Å². The number of Topliss-reactive ketones (excluding diaryl/α,β-unsaturated/α-hetero) is 1. The Bertz CT molecular complexity index is 1120. The average molecular weight is 533 g/mol. The highest BCUT2D eigenvalue weighted by atomic mass is 16.7. The molecule has 0 unspecified atom stereocenters. The van der Waals surface area contributed by atoms with Crippen LogP contribution in [0, 0.1) is 28.1 Å². The maximum absolute atomic E-state index is 14.6. The van der Waals surface area contributed by atoms with Crippen LogP contribution < -0.4 is 0 Å². The zero-order valence-corrected chi connectivity index (χ0v) is 23.7. The molecule has 1 aliphatic heterocycles. The van der Waals surface area contributed by atoms with Gasteiger partial charge in [-0.25, -0.2) is 0 Å². The standard InChI is InChI=1S/C29H40O9/c1-14-23(33)29-21-12-19-25(5,6)11-10-20(35-16(3)31)27(19,9)22(29)18(34-15(2)30)13-28(14,36-17(4)32)24(29)38-26(7,8)37-21/h18-22,24H,1,10-13H2,2-9H3/t18-,19+,20+,21+,22+,24+,27-,28+,29+/m0/s1. The van der Waals surface area contributed by atoms with Crippen molar-refractivity contribution in [1.82, 2.24) is 0 Å². The van der Waals surface area contributed by atoms with Crippen LogP contribution in [0.5, 0.6) is 0 Å². The van der Waals surface area contributed by atoms with Crippen LogP contribution in [0.1, 0.15) is 81.1 Å². The Morgan fingerprint density at radius 2 is 1.58 bits per heavy atom. The summed E-state index contributed by atoms with van der Waals surface area (Å²) in [6, 6.07) is 0. The van der Waals surface area contributed by atoms with E-state index < -0.39 is 70.5 Å².